The van der Waals surface area contributed by atoms with Crippen molar-refractivity contribution in [2.75, 3.05) is 13.2 Å². The maximum absolute atomic E-state index is 14.0. The van der Waals surface area contributed by atoms with Crippen molar-refractivity contribution >= 4 is 32.7 Å². The summed E-state index contributed by atoms with van der Waals surface area (Å²) in [5.41, 5.74) is 2.38. The number of aliphatic hydroxyl groups is 1. The first-order valence-electron chi connectivity index (χ1n) is 5.98. The van der Waals surface area contributed by atoms with E-state index in [4.69, 9.17) is 5.11 Å². The molecule has 1 amide bonds. The summed E-state index contributed by atoms with van der Waals surface area (Å²) < 4.78 is 14.4. The molecule has 19 heavy (non-hydrogen) atoms. The highest BCUT2D eigenvalue weighted by Gasteiger charge is 2.24. The maximum atomic E-state index is 14.0. The molecule has 0 saturated heterocycles. The molecule has 1 aromatic heterocycles. The van der Waals surface area contributed by atoms with Crippen molar-refractivity contribution in [3.8, 4) is 0 Å². The molecule has 0 bridgehead atoms. The number of fused-ring (bicyclic) bond motifs is 3. The fourth-order valence-corrected chi connectivity index (χ4v) is 2.87. The lowest BCUT2D eigenvalue weighted by Crippen LogP contribution is -2.37. The zero-order valence-electron chi connectivity index (χ0n) is 10.0. The van der Waals surface area contributed by atoms with Gasteiger partial charge in [-0.3, -0.25) is 4.79 Å². The van der Waals surface area contributed by atoms with Crippen LogP contribution in [0, 0.1) is 5.82 Å². The van der Waals surface area contributed by atoms with Crippen molar-refractivity contribution in [1.29, 1.82) is 0 Å². The summed E-state index contributed by atoms with van der Waals surface area (Å²) >= 11 is 3.16. The van der Waals surface area contributed by atoms with E-state index in [1.807, 2.05) is 6.07 Å². The van der Waals surface area contributed by atoms with Crippen molar-refractivity contribution in [3.05, 3.63) is 33.7 Å². The summed E-state index contributed by atoms with van der Waals surface area (Å²) in [4.78, 5) is 16.2. The van der Waals surface area contributed by atoms with Gasteiger partial charge in [-0.15, -0.1) is 0 Å². The molecule has 2 N–H and O–H groups in total. The number of benzene rings is 1. The normalized spacial score (nSPS) is 14.8. The zero-order chi connectivity index (χ0) is 13.6. The summed E-state index contributed by atoms with van der Waals surface area (Å²) in [6.45, 7) is 0.468. The summed E-state index contributed by atoms with van der Waals surface area (Å²) in [5, 5.41) is 9.71. The van der Waals surface area contributed by atoms with Gasteiger partial charge in [-0.05, 0) is 22.0 Å². The van der Waals surface area contributed by atoms with E-state index in [2.05, 4.69) is 20.9 Å². The Morgan fingerprint density at radius 1 is 1.53 bits per heavy atom. The molecule has 1 aliphatic rings. The first-order chi connectivity index (χ1) is 9.11. The van der Waals surface area contributed by atoms with Crippen LogP contribution in [0.4, 0.5) is 4.39 Å². The lowest BCUT2D eigenvalue weighted by molar-refractivity contribution is -0.135. The van der Waals surface area contributed by atoms with Gasteiger partial charge in [-0.2, -0.15) is 0 Å². The van der Waals surface area contributed by atoms with Crippen molar-refractivity contribution in [2.24, 2.45) is 0 Å². The number of hydrogen-bond acceptors (Lipinski definition) is 2. The third-order valence-electron chi connectivity index (χ3n) is 3.53. The van der Waals surface area contributed by atoms with Crippen LogP contribution < -0.4 is 0 Å². The molecule has 0 atom stereocenters. The molecule has 0 aliphatic carbocycles. The summed E-state index contributed by atoms with van der Waals surface area (Å²) in [7, 11) is 0. The van der Waals surface area contributed by atoms with Crippen LogP contribution in [0.5, 0.6) is 0 Å². The molecule has 3 rings (SSSR count). The Balaban J connectivity index is 2.09. The number of carbonyl (C=O) groups is 1. The second-order valence-electron chi connectivity index (χ2n) is 4.59. The van der Waals surface area contributed by atoms with Gasteiger partial charge in [0.25, 0.3) is 0 Å². The molecule has 0 saturated carbocycles. The SMILES string of the molecule is O=C(CO)N1CCc2[nH]c3c(F)c(Br)ccc3c2C1. The Morgan fingerprint density at radius 3 is 3.05 bits per heavy atom. The number of aromatic amines is 1. The molecule has 0 unspecified atom stereocenters. The van der Waals surface area contributed by atoms with E-state index < -0.39 is 6.61 Å². The third-order valence-corrected chi connectivity index (χ3v) is 4.14. The van der Waals surface area contributed by atoms with Gasteiger partial charge in [0, 0.05) is 36.2 Å². The van der Waals surface area contributed by atoms with Crippen LogP contribution in [-0.4, -0.2) is 34.0 Å². The van der Waals surface area contributed by atoms with Crippen LogP contribution in [0.3, 0.4) is 0 Å². The van der Waals surface area contributed by atoms with Gasteiger partial charge in [-0.25, -0.2) is 4.39 Å². The number of rotatable bonds is 1. The van der Waals surface area contributed by atoms with Gasteiger partial charge >= 0.3 is 0 Å². The quantitative estimate of drug-likeness (QED) is 0.841. The number of hydrogen-bond donors (Lipinski definition) is 2. The summed E-state index contributed by atoms with van der Waals surface area (Å²) in [6, 6.07) is 3.50. The number of halogens is 2. The highest BCUT2D eigenvalue weighted by atomic mass is 79.9. The molecule has 0 fully saturated rings. The van der Waals surface area contributed by atoms with Crippen molar-refractivity contribution in [1.82, 2.24) is 9.88 Å². The lowest BCUT2D eigenvalue weighted by atomic mass is 10.0. The Labute approximate surface area is 117 Å². The monoisotopic (exact) mass is 326 g/mol. The Morgan fingerprint density at radius 2 is 2.32 bits per heavy atom. The van der Waals surface area contributed by atoms with E-state index in [1.54, 1.807) is 11.0 Å². The predicted octanol–water partition coefficient (Wildman–Crippen LogP) is 1.95. The number of aromatic nitrogens is 1. The molecule has 100 valence electrons. The molecule has 4 nitrogen and oxygen atoms in total. The fourth-order valence-electron chi connectivity index (χ4n) is 2.54. The van der Waals surface area contributed by atoms with Gasteiger partial charge in [-0.1, -0.05) is 6.07 Å². The highest BCUT2D eigenvalue weighted by molar-refractivity contribution is 9.10. The van der Waals surface area contributed by atoms with E-state index in [1.165, 1.54) is 0 Å². The Hall–Kier alpha value is -1.40. The molecule has 1 aliphatic heterocycles. The van der Waals surface area contributed by atoms with Gasteiger partial charge < -0.3 is 15.0 Å². The first kappa shape index (κ1) is 12.6. The molecule has 1 aromatic carbocycles. The van der Waals surface area contributed by atoms with Crippen molar-refractivity contribution in [2.45, 2.75) is 13.0 Å². The van der Waals surface area contributed by atoms with Gasteiger partial charge in [0.1, 0.15) is 6.61 Å². The molecule has 0 radical (unpaired) electrons. The minimum absolute atomic E-state index is 0.294. The average Bonchev–Trinajstić information content (AvgIpc) is 2.80. The van der Waals surface area contributed by atoms with Gasteiger partial charge in [0.2, 0.25) is 5.91 Å². The van der Waals surface area contributed by atoms with Crippen molar-refractivity contribution in [3.63, 3.8) is 0 Å². The van der Waals surface area contributed by atoms with Crippen LogP contribution >= 0.6 is 15.9 Å². The fraction of sp³-hybridized carbons (Fsp3) is 0.308. The number of carbonyl (C=O) groups excluding carboxylic acids is 1. The second-order valence-corrected chi connectivity index (χ2v) is 5.44. The van der Waals surface area contributed by atoms with Crippen LogP contribution in [0.2, 0.25) is 0 Å². The number of amides is 1. The van der Waals surface area contributed by atoms with Crippen LogP contribution in [0.15, 0.2) is 16.6 Å². The Kier molecular flexibility index (Phi) is 3.06. The summed E-state index contributed by atoms with van der Waals surface area (Å²) in [6.07, 6.45) is 0.646. The van der Waals surface area contributed by atoms with Crippen LogP contribution in [-0.2, 0) is 17.8 Å². The van der Waals surface area contributed by atoms with E-state index in [9.17, 15) is 9.18 Å². The molecule has 6 heteroatoms. The second kappa shape index (κ2) is 4.61. The van der Waals surface area contributed by atoms with Gasteiger partial charge in [0.15, 0.2) is 5.82 Å². The Bertz CT molecular complexity index is 668. The van der Waals surface area contributed by atoms with Crippen LogP contribution in [0.25, 0.3) is 10.9 Å². The number of H-pyrrole nitrogens is 1. The number of aliphatic hydroxyl groups excluding tert-OH is 1. The zero-order valence-corrected chi connectivity index (χ0v) is 11.6. The molecule has 0 spiro atoms. The molecule has 2 heterocycles. The molecular weight excluding hydrogens is 315 g/mol. The van der Waals surface area contributed by atoms with E-state index in [0.717, 1.165) is 16.6 Å². The highest BCUT2D eigenvalue weighted by Crippen LogP contribution is 2.32. The summed E-state index contributed by atoms with van der Waals surface area (Å²) in [5.74, 6) is -0.607. The van der Waals surface area contributed by atoms with E-state index in [0.29, 0.717) is 29.5 Å². The molecular formula is C13H12BrFN2O2. The third kappa shape index (κ3) is 1.95. The van der Waals surface area contributed by atoms with Crippen molar-refractivity contribution < 1.29 is 14.3 Å². The minimum Gasteiger partial charge on any atom is -0.387 e. The largest absolute Gasteiger partial charge is 0.387 e. The maximum Gasteiger partial charge on any atom is 0.248 e. The number of nitrogens with zero attached hydrogens (tertiary/aromatic N) is 1. The average molecular weight is 327 g/mol. The van der Waals surface area contributed by atoms with Gasteiger partial charge in [0.05, 0.1) is 9.99 Å². The molecule has 2 aromatic rings. The van der Waals surface area contributed by atoms with E-state index >= 15 is 0 Å². The first-order valence-corrected chi connectivity index (χ1v) is 6.77. The topological polar surface area (TPSA) is 56.3 Å². The number of nitrogens with one attached hydrogen (secondary N) is 1. The minimum atomic E-state index is -0.488. The lowest BCUT2D eigenvalue weighted by Gasteiger charge is -2.26. The van der Waals surface area contributed by atoms with Crippen LogP contribution in [0.1, 0.15) is 11.3 Å². The predicted molar refractivity (Wildman–Crippen MR) is 72.2 cm³/mol. The standard InChI is InChI=1S/C13H12BrFN2O2/c14-9-2-1-7-8-5-17(11(19)6-18)4-3-10(8)16-13(7)12(9)15/h1-2,16,18H,3-6H2. The van der Waals surface area contributed by atoms with E-state index in [-0.39, 0.29) is 11.7 Å². The smallest absolute Gasteiger partial charge is 0.248 e.